The van der Waals surface area contributed by atoms with Crippen molar-refractivity contribution < 1.29 is 9.59 Å². The van der Waals surface area contributed by atoms with E-state index in [2.05, 4.69) is 39.9 Å². The van der Waals surface area contributed by atoms with Gasteiger partial charge < -0.3 is 16.8 Å². The van der Waals surface area contributed by atoms with Crippen LogP contribution in [0.25, 0.3) is 0 Å². The fourth-order valence-electron chi connectivity index (χ4n) is 10.0. The fourth-order valence-corrected chi connectivity index (χ4v) is 10.0. The lowest BCUT2D eigenvalue weighted by Crippen LogP contribution is -2.56. The molecule has 0 saturated heterocycles. The fraction of sp³-hybridized carbons (Fsp3) is 0.935. The summed E-state index contributed by atoms with van der Waals surface area (Å²) in [6.45, 7) is 12.6. The maximum Gasteiger partial charge on any atom is 0.237 e. The number of halogens is 1. The molecule has 214 valence electrons. The number of carbonyl (C=O) groups excluding carboxylic acids is 2. The molecule has 0 aromatic carbocycles. The summed E-state index contributed by atoms with van der Waals surface area (Å²) in [6.07, 6.45) is 15.8. The van der Waals surface area contributed by atoms with Gasteiger partial charge in [-0.2, -0.15) is 0 Å². The summed E-state index contributed by atoms with van der Waals surface area (Å²) in [7, 11) is 0. The second-order valence-electron chi connectivity index (χ2n) is 14.4. The normalized spacial score (nSPS) is 40.5. The lowest BCUT2D eigenvalue weighted by Gasteiger charge is -2.61. The van der Waals surface area contributed by atoms with Crippen LogP contribution in [-0.2, 0) is 9.59 Å². The molecule has 0 aromatic rings. The minimum atomic E-state index is -0.828. The largest absolute Gasteiger partial charge is 0.370 e. The van der Waals surface area contributed by atoms with Gasteiger partial charge in [0.05, 0.1) is 12.5 Å². The molecular weight excluding hydrogens is 482 g/mol. The minimum Gasteiger partial charge on any atom is -0.370 e. The second kappa shape index (κ2) is 12.1. The molecule has 0 radical (unpaired) electrons. The van der Waals surface area contributed by atoms with Crippen LogP contribution in [0.2, 0.25) is 0 Å². The van der Waals surface area contributed by atoms with Crippen LogP contribution in [0.4, 0.5) is 0 Å². The van der Waals surface area contributed by atoms with Crippen LogP contribution in [0.1, 0.15) is 118 Å². The van der Waals surface area contributed by atoms with Crippen molar-refractivity contribution >= 4 is 24.2 Å². The molecule has 0 aliphatic heterocycles. The first-order valence-electron chi connectivity index (χ1n) is 15.3. The van der Waals surface area contributed by atoms with Crippen LogP contribution in [0, 0.1) is 52.3 Å². The van der Waals surface area contributed by atoms with Crippen LogP contribution < -0.4 is 16.8 Å². The quantitative estimate of drug-likeness (QED) is 0.325. The van der Waals surface area contributed by atoms with E-state index in [4.69, 9.17) is 11.5 Å². The first-order valence-corrected chi connectivity index (χ1v) is 15.3. The lowest BCUT2D eigenvalue weighted by molar-refractivity contribution is -0.130. The number of fused-ring (bicyclic) bond motifs is 5. The molecule has 0 bridgehead atoms. The molecule has 0 heterocycles. The highest BCUT2D eigenvalue weighted by atomic mass is 35.5. The first kappa shape index (κ1) is 30.7. The Kier molecular flexibility index (Phi) is 10.1. The van der Waals surface area contributed by atoms with E-state index in [0.717, 1.165) is 48.3 Å². The Morgan fingerprint density at radius 3 is 2.27 bits per heavy atom. The molecule has 4 saturated carbocycles. The topological polar surface area (TPSA) is 98.2 Å². The summed E-state index contributed by atoms with van der Waals surface area (Å²) in [5.74, 6) is 5.20. The van der Waals surface area contributed by atoms with Gasteiger partial charge in [-0.3, -0.25) is 9.59 Å². The smallest absolute Gasteiger partial charge is 0.237 e. The highest BCUT2D eigenvalue weighted by molar-refractivity contribution is 5.87. The Morgan fingerprint density at radius 2 is 1.59 bits per heavy atom. The van der Waals surface area contributed by atoms with Gasteiger partial charge in [-0.15, -0.1) is 12.4 Å². The van der Waals surface area contributed by atoms with E-state index in [9.17, 15) is 9.59 Å². The second-order valence-corrected chi connectivity index (χ2v) is 14.4. The summed E-state index contributed by atoms with van der Waals surface area (Å²) in [5.41, 5.74) is 12.1. The standard InChI is InChI=1S/C31H55N3O2.ClH/c1-19(2)7-6-8-20(3)24-11-12-25-23-10-9-21-17-22(34-29(36)27(32)18-28(33)35)13-15-30(21,4)26(23)14-16-31(24,25)5;/h19-27H,6-18,32H2,1-5H3,(H2,33,35)(H,34,36);1H/t20-,21?,22?,23+,24-,25+,26+,27+,30+,31-;/m1./s1. The molecule has 6 heteroatoms. The van der Waals surface area contributed by atoms with Crippen LogP contribution in [0.5, 0.6) is 0 Å². The van der Waals surface area contributed by atoms with Crippen molar-refractivity contribution in [3.05, 3.63) is 0 Å². The molecule has 4 aliphatic rings. The van der Waals surface area contributed by atoms with Crippen molar-refractivity contribution in [2.75, 3.05) is 0 Å². The number of hydrogen-bond donors (Lipinski definition) is 3. The molecule has 2 amide bonds. The predicted octanol–water partition coefficient (Wildman–Crippen LogP) is 6.22. The molecule has 37 heavy (non-hydrogen) atoms. The predicted molar refractivity (Wildman–Crippen MR) is 154 cm³/mol. The molecule has 0 aromatic heterocycles. The van der Waals surface area contributed by atoms with Crippen molar-refractivity contribution in [2.45, 2.75) is 130 Å². The van der Waals surface area contributed by atoms with E-state index in [1.54, 1.807) is 0 Å². The maximum atomic E-state index is 12.5. The third kappa shape index (κ3) is 6.18. The Balaban J connectivity index is 0.00000380. The van der Waals surface area contributed by atoms with E-state index < -0.39 is 11.9 Å². The summed E-state index contributed by atoms with van der Waals surface area (Å²) in [4.78, 5) is 23.7. The zero-order valence-corrected chi connectivity index (χ0v) is 25.1. The van der Waals surface area contributed by atoms with Gasteiger partial charge in [-0.05, 0) is 110 Å². The van der Waals surface area contributed by atoms with E-state index in [1.807, 2.05) is 0 Å². The Morgan fingerprint density at radius 1 is 0.919 bits per heavy atom. The molecule has 5 N–H and O–H groups in total. The first-order chi connectivity index (χ1) is 17.0. The number of hydrogen-bond acceptors (Lipinski definition) is 3. The van der Waals surface area contributed by atoms with Crippen LogP contribution in [-0.4, -0.2) is 23.9 Å². The van der Waals surface area contributed by atoms with Gasteiger partial charge in [0.25, 0.3) is 0 Å². The molecule has 4 rings (SSSR count). The zero-order valence-electron chi connectivity index (χ0n) is 24.3. The summed E-state index contributed by atoms with van der Waals surface area (Å²) in [6, 6.07) is -0.645. The lowest BCUT2D eigenvalue weighted by atomic mass is 9.44. The molecule has 4 fully saturated rings. The van der Waals surface area contributed by atoms with Crippen molar-refractivity contribution in [3.8, 4) is 0 Å². The van der Waals surface area contributed by atoms with E-state index >= 15 is 0 Å². The molecule has 4 aliphatic carbocycles. The van der Waals surface area contributed by atoms with Crippen molar-refractivity contribution in [3.63, 3.8) is 0 Å². The number of amides is 2. The highest BCUT2D eigenvalue weighted by Gasteiger charge is 2.60. The third-order valence-corrected chi connectivity index (χ3v) is 12.0. The van der Waals surface area contributed by atoms with Crippen molar-refractivity contribution in [2.24, 2.45) is 63.7 Å². The summed E-state index contributed by atoms with van der Waals surface area (Å²) >= 11 is 0. The SMILES string of the molecule is CC(C)CCC[C@@H](C)[C@H]1CC[C@H]2[C@@H]3CCC4CC(NC(=O)[C@@H](N)CC(N)=O)CC[C@]4(C)[C@H]3CC[C@]12C.Cl. The van der Waals surface area contributed by atoms with E-state index in [0.29, 0.717) is 16.7 Å². The Hall–Kier alpha value is -0.810. The monoisotopic (exact) mass is 537 g/mol. The zero-order chi connectivity index (χ0) is 26.3. The summed E-state index contributed by atoms with van der Waals surface area (Å²) < 4.78 is 0. The average molecular weight is 538 g/mol. The maximum absolute atomic E-state index is 12.5. The minimum absolute atomic E-state index is 0. The van der Waals surface area contributed by atoms with Crippen LogP contribution in [0.3, 0.4) is 0 Å². The van der Waals surface area contributed by atoms with Gasteiger partial charge in [0.1, 0.15) is 0 Å². The Labute approximate surface area is 232 Å². The number of nitrogens with one attached hydrogen (secondary N) is 1. The van der Waals surface area contributed by atoms with Gasteiger partial charge in [-0.25, -0.2) is 0 Å². The summed E-state index contributed by atoms with van der Waals surface area (Å²) in [5, 5.41) is 3.16. The van der Waals surface area contributed by atoms with Gasteiger partial charge in [0.15, 0.2) is 0 Å². The number of primary amides is 1. The van der Waals surface area contributed by atoms with Gasteiger partial charge >= 0.3 is 0 Å². The number of rotatable bonds is 9. The Bertz CT molecular complexity index is 805. The van der Waals surface area contributed by atoms with Gasteiger partial charge in [0, 0.05) is 6.04 Å². The molecule has 5 nitrogen and oxygen atoms in total. The molecule has 0 spiro atoms. The van der Waals surface area contributed by atoms with Crippen molar-refractivity contribution in [1.82, 2.24) is 5.32 Å². The van der Waals surface area contributed by atoms with Crippen LogP contribution >= 0.6 is 12.4 Å². The van der Waals surface area contributed by atoms with E-state index in [-0.39, 0.29) is 30.8 Å². The molecular formula is C31H56ClN3O2. The van der Waals surface area contributed by atoms with Gasteiger partial charge in [0.2, 0.25) is 11.8 Å². The highest BCUT2D eigenvalue weighted by Crippen LogP contribution is 2.68. The molecule has 10 atom stereocenters. The third-order valence-electron chi connectivity index (χ3n) is 12.0. The average Bonchev–Trinajstić information content (AvgIpc) is 3.15. The van der Waals surface area contributed by atoms with Gasteiger partial charge in [-0.1, -0.05) is 53.9 Å². The van der Waals surface area contributed by atoms with Crippen molar-refractivity contribution in [1.29, 1.82) is 0 Å². The van der Waals surface area contributed by atoms with E-state index in [1.165, 1.54) is 64.2 Å². The van der Waals surface area contributed by atoms with Crippen LogP contribution in [0.15, 0.2) is 0 Å². The number of nitrogens with two attached hydrogens (primary N) is 2. The number of carbonyl (C=O) groups is 2. The molecule has 2 unspecified atom stereocenters.